The minimum absolute atomic E-state index is 0. The minimum atomic E-state index is -0.386. The molecule has 1 amide bonds. The predicted octanol–water partition coefficient (Wildman–Crippen LogP) is 2.52. The maximum Gasteiger partial charge on any atom is 0.222 e. The third-order valence-electron chi connectivity index (χ3n) is 4.05. The van der Waals surface area contributed by atoms with Crippen LogP contribution in [0.4, 0.5) is 4.39 Å². The molecule has 0 spiro atoms. The van der Waals surface area contributed by atoms with Gasteiger partial charge in [0.2, 0.25) is 5.91 Å². The van der Waals surface area contributed by atoms with E-state index >= 15 is 0 Å². The smallest absolute Gasteiger partial charge is 0.222 e. The standard InChI is InChI=1S/C18H27FN4O2.HI/c1-3-20-18(21-9-5-11-23-10-4-6-17(23)24)22-13-14-7-8-16(25-2)15(19)12-14;/h7-8,12H,3-6,9-11,13H2,1-2H3,(H2,20,21,22);1H. The number of amides is 1. The molecule has 1 aliphatic heterocycles. The lowest BCUT2D eigenvalue weighted by Gasteiger charge is -2.16. The minimum Gasteiger partial charge on any atom is -0.494 e. The van der Waals surface area contributed by atoms with E-state index in [1.807, 2.05) is 11.8 Å². The van der Waals surface area contributed by atoms with Crippen molar-refractivity contribution in [3.63, 3.8) is 0 Å². The molecule has 0 aliphatic carbocycles. The second kappa shape index (κ2) is 11.9. The van der Waals surface area contributed by atoms with Gasteiger partial charge in [-0.2, -0.15) is 0 Å². The molecule has 0 unspecified atom stereocenters. The Morgan fingerprint density at radius 1 is 1.38 bits per heavy atom. The van der Waals surface area contributed by atoms with Crippen LogP contribution in [-0.4, -0.2) is 50.1 Å². The fourth-order valence-corrected chi connectivity index (χ4v) is 2.74. The van der Waals surface area contributed by atoms with Gasteiger partial charge in [0.25, 0.3) is 0 Å². The molecule has 0 atom stereocenters. The highest BCUT2D eigenvalue weighted by Crippen LogP contribution is 2.18. The largest absolute Gasteiger partial charge is 0.494 e. The Balaban J connectivity index is 0.00000338. The first-order valence-corrected chi connectivity index (χ1v) is 8.76. The summed E-state index contributed by atoms with van der Waals surface area (Å²) in [5.74, 6) is 0.784. The maximum atomic E-state index is 13.7. The maximum absolute atomic E-state index is 13.7. The Morgan fingerprint density at radius 3 is 2.81 bits per heavy atom. The highest BCUT2D eigenvalue weighted by molar-refractivity contribution is 14.0. The second-order valence-corrected chi connectivity index (χ2v) is 5.93. The molecule has 0 aromatic heterocycles. The number of rotatable bonds is 8. The summed E-state index contributed by atoms with van der Waals surface area (Å²) in [7, 11) is 1.44. The Hall–Kier alpha value is -1.58. The van der Waals surface area contributed by atoms with E-state index in [9.17, 15) is 9.18 Å². The van der Waals surface area contributed by atoms with Crippen molar-refractivity contribution in [1.82, 2.24) is 15.5 Å². The summed E-state index contributed by atoms with van der Waals surface area (Å²) in [5, 5.41) is 6.42. The highest BCUT2D eigenvalue weighted by atomic mass is 127. The van der Waals surface area contributed by atoms with Gasteiger partial charge in [-0.05, 0) is 37.5 Å². The van der Waals surface area contributed by atoms with Crippen molar-refractivity contribution in [2.75, 3.05) is 33.3 Å². The van der Waals surface area contributed by atoms with Crippen LogP contribution >= 0.6 is 24.0 Å². The molecular weight excluding hydrogens is 450 g/mol. The number of halogens is 2. The monoisotopic (exact) mass is 478 g/mol. The van der Waals surface area contributed by atoms with Crippen molar-refractivity contribution in [3.8, 4) is 5.75 Å². The van der Waals surface area contributed by atoms with Crippen LogP contribution in [0, 0.1) is 5.82 Å². The zero-order valence-electron chi connectivity index (χ0n) is 15.4. The molecule has 1 aliphatic rings. The molecule has 1 heterocycles. The van der Waals surface area contributed by atoms with E-state index in [2.05, 4.69) is 15.6 Å². The van der Waals surface area contributed by atoms with E-state index in [0.29, 0.717) is 18.9 Å². The van der Waals surface area contributed by atoms with Crippen LogP contribution in [0.25, 0.3) is 0 Å². The van der Waals surface area contributed by atoms with Crippen molar-refractivity contribution >= 4 is 35.8 Å². The first-order chi connectivity index (χ1) is 12.1. The summed E-state index contributed by atoms with van der Waals surface area (Å²) >= 11 is 0. The van der Waals surface area contributed by atoms with Crippen LogP contribution in [0.5, 0.6) is 5.75 Å². The van der Waals surface area contributed by atoms with Gasteiger partial charge in [-0.15, -0.1) is 24.0 Å². The lowest BCUT2D eigenvalue weighted by Crippen LogP contribution is -2.39. The number of benzene rings is 1. The summed E-state index contributed by atoms with van der Waals surface area (Å²) in [6.07, 6.45) is 2.51. The molecule has 1 aromatic rings. The molecule has 2 N–H and O–H groups in total. The van der Waals surface area contributed by atoms with Crippen molar-refractivity contribution in [2.45, 2.75) is 32.7 Å². The van der Waals surface area contributed by atoms with Gasteiger partial charge in [0.15, 0.2) is 17.5 Å². The quantitative estimate of drug-likeness (QED) is 0.261. The normalized spacial score (nSPS) is 14.2. The number of hydrogen-bond donors (Lipinski definition) is 2. The molecule has 146 valence electrons. The van der Waals surface area contributed by atoms with E-state index in [0.717, 1.165) is 44.6 Å². The number of likely N-dealkylation sites (tertiary alicyclic amines) is 1. The van der Waals surface area contributed by atoms with Crippen LogP contribution in [-0.2, 0) is 11.3 Å². The molecule has 1 fully saturated rings. The molecule has 6 nitrogen and oxygen atoms in total. The molecule has 1 aromatic carbocycles. The van der Waals surface area contributed by atoms with Crippen molar-refractivity contribution in [3.05, 3.63) is 29.6 Å². The summed E-state index contributed by atoms with van der Waals surface area (Å²) in [6.45, 7) is 5.49. The van der Waals surface area contributed by atoms with Crippen LogP contribution in [0.2, 0.25) is 0 Å². The number of methoxy groups -OCH3 is 1. The Kier molecular flexibility index (Phi) is 10.3. The van der Waals surface area contributed by atoms with E-state index in [4.69, 9.17) is 4.74 Å². The zero-order valence-corrected chi connectivity index (χ0v) is 17.7. The Labute approximate surface area is 171 Å². The molecule has 0 saturated carbocycles. The van der Waals surface area contributed by atoms with E-state index in [1.165, 1.54) is 13.2 Å². The number of nitrogens with zero attached hydrogens (tertiary/aromatic N) is 2. The summed E-state index contributed by atoms with van der Waals surface area (Å²) < 4.78 is 18.6. The number of carbonyl (C=O) groups excluding carboxylic acids is 1. The first-order valence-electron chi connectivity index (χ1n) is 8.76. The van der Waals surface area contributed by atoms with Crippen LogP contribution in [0.3, 0.4) is 0 Å². The fourth-order valence-electron chi connectivity index (χ4n) is 2.74. The van der Waals surface area contributed by atoms with Gasteiger partial charge < -0.3 is 20.3 Å². The van der Waals surface area contributed by atoms with Gasteiger partial charge in [0.05, 0.1) is 13.7 Å². The molecule has 2 rings (SSSR count). The lowest BCUT2D eigenvalue weighted by molar-refractivity contribution is -0.127. The third kappa shape index (κ3) is 6.97. The average Bonchev–Trinajstić information content (AvgIpc) is 3.01. The van der Waals surface area contributed by atoms with E-state index in [1.54, 1.807) is 12.1 Å². The van der Waals surface area contributed by atoms with E-state index in [-0.39, 0.29) is 41.5 Å². The molecule has 0 radical (unpaired) electrons. The van der Waals surface area contributed by atoms with Gasteiger partial charge >= 0.3 is 0 Å². The summed E-state index contributed by atoms with van der Waals surface area (Å²) in [4.78, 5) is 17.9. The number of guanidine groups is 1. The van der Waals surface area contributed by atoms with Crippen LogP contribution < -0.4 is 15.4 Å². The number of ether oxygens (including phenoxy) is 1. The highest BCUT2D eigenvalue weighted by Gasteiger charge is 2.18. The van der Waals surface area contributed by atoms with Gasteiger partial charge in [0.1, 0.15) is 0 Å². The average molecular weight is 478 g/mol. The number of carbonyl (C=O) groups is 1. The van der Waals surface area contributed by atoms with Gasteiger partial charge in [-0.3, -0.25) is 4.79 Å². The molecule has 0 bridgehead atoms. The topological polar surface area (TPSA) is 66.0 Å². The van der Waals surface area contributed by atoms with Crippen molar-refractivity contribution in [1.29, 1.82) is 0 Å². The second-order valence-electron chi connectivity index (χ2n) is 5.93. The molecular formula is C18H28FIN4O2. The van der Waals surface area contributed by atoms with Gasteiger partial charge in [0, 0.05) is 32.6 Å². The SMILES string of the molecule is CCNC(=NCc1ccc(OC)c(F)c1)NCCCN1CCCC1=O.I. The van der Waals surface area contributed by atoms with E-state index < -0.39 is 0 Å². The molecule has 8 heteroatoms. The number of aliphatic imine (C=N–C) groups is 1. The third-order valence-corrected chi connectivity index (χ3v) is 4.05. The van der Waals surface area contributed by atoms with Crippen LogP contribution in [0.1, 0.15) is 31.7 Å². The zero-order chi connectivity index (χ0) is 18.1. The number of hydrogen-bond acceptors (Lipinski definition) is 3. The van der Waals surface area contributed by atoms with Gasteiger partial charge in [-0.25, -0.2) is 9.38 Å². The summed E-state index contributed by atoms with van der Waals surface area (Å²) in [6, 6.07) is 4.84. The fraction of sp³-hybridized carbons (Fsp3) is 0.556. The number of nitrogens with one attached hydrogen (secondary N) is 2. The molecule has 26 heavy (non-hydrogen) atoms. The van der Waals surface area contributed by atoms with Crippen LogP contribution in [0.15, 0.2) is 23.2 Å². The Morgan fingerprint density at radius 2 is 2.19 bits per heavy atom. The first kappa shape index (κ1) is 22.5. The summed E-state index contributed by atoms with van der Waals surface area (Å²) in [5.41, 5.74) is 0.776. The van der Waals surface area contributed by atoms with Gasteiger partial charge in [-0.1, -0.05) is 6.07 Å². The van der Waals surface area contributed by atoms with Crippen molar-refractivity contribution in [2.24, 2.45) is 4.99 Å². The predicted molar refractivity (Wildman–Crippen MR) is 112 cm³/mol. The van der Waals surface area contributed by atoms with Crippen molar-refractivity contribution < 1.29 is 13.9 Å². The Bertz CT molecular complexity index is 613. The molecule has 1 saturated heterocycles. The lowest BCUT2D eigenvalue weighted by atomic mass is 10.2.